The number of ether oxygens (including phenoxy) is 2. The number of rotatable bonds is 6. The summed E-state index contributed by atoms with van der Waals surface area (Å²) in [5.74, 6) is 0.848. The van der Waals surface area contributed by atoms with Crippen LogP contribution >= 0.6 is 11.8 Å². The minimum absolute atomic E-state index is 0.158. The average Bonchev–Trinajstić information content (AvgIpc) is 3.05. The van der Waals surface area contributed by atoms with Gasteiger partial charge in [-0.1, -0.05) is 81.4 Å². The van der Waals surface area contributed by atoms with E-state index in [2.05, 4.69) is 0 Å². The zero-order chi connectivity index (χ0) is 20.9. The minimum atomic E-state index is -0.656. The SMILES string of the molecule is CC(C)(C)[C@@H]1OC(=O)[C@H](CSCc2ccccc2)N1C(=O)OCc1ccccc1. The standard InChI is InChI=1S/C23H27NO4S/c1-23(2,3)21-24(22(26)27-14-17-10-6-4-7-11-17)19(20(25)28-21)16-29-15-18-12-8-5-9-13-18/h4-13,19,21H,14-16H2,1-3H3/t19-,21-/m0/s1. The van der Waals surface area contributed by atoms with Gasteiger partial charge in [0, 0.05) is 16.9 Å². The topological polar surface area (TPSA) is 55.8 Å². The van der Waals surface area contributed by atoms with Crippen LogP contribution in [0.3, 0.4) is 0 Å². The number of amides is 1. The molecule has 0 N–H and O–H groups in total. The van der Waals surface area contributed by atoms with Crippen molar-refractivity contribution >= 4 is 23.8 Å². The average molecular weight is 414 g/mol. The summed E-state index contributed by atoms with van der Waals surface area (Å²) in [6, 6.07) is 18.9. The van der Waals surface area contributed by atoms with E-state index in [0.29, 0.717) is 5.75 Å². The molecule has 154 valence electrons. The van der Waals surface area contributed by atoms with E-state index >= 15 is 0 Å². The maximum Gasteiger partial charge on any atom is 0.413 e. The molecule has 6 heteroatoms. The highest BCUT2D eigenvalue weighted by atomic mass is 32.2. The van der Waals surface area contributed by atoms with Gasteiger partial charge in [0.1, 0.15) is 12.6 Å². The number of esters is 1. The van der Waals surface area contributed by atoms with Crippen molar-refractivity contribution in [1.82, 2.24) is 4.90 Å². The Labute approximate surface area is 176 Å². The first-order chi connectivity index (χ1) is 13.9. The fourth-order valence-electron chi connectivity index (χ4n) is 3.14. The fourth-order valence-corrected chi connectivity index (χ4v) is 4.21. The van der Waals surface area contributed by atoms with Crippen LogP contribution in [0.25, 0.3) is 0 Å². The summed E-state index contributed by atoms with van der Waals surface area (Å²) < 4.78 is 11.1. The number of carbonyl (C=O) groups is 2. The lowest BCUT2D eigenvalue weighted by molar-refractivity contribution is -0.147. The molecule has 0 spiro atoms. The Bertz CT molecular complexity index is 820. The van der Waals surface area contributed by atoms with Crippen molar-refractivity contribution in [2.75, 3.05) is 5.75 Å². The fraction of sp³-hybridized carbons (Fsp3) is 0.391. The van der Waals surface area contributed by atoms with E-state index in [9.17, 15) is 9.59 Å². The lowest BCUT2D eigenvalue weighted by Gasteiger charge is -2.33. The smallest absolute Gasteiger partial charge is 0.413 e. The number of hydrogen-bond acceptors (Lipinski definition) is 5. The zero-order valence-electron chi connectivity index (χ0n) is 17.0. The summed E-state index contributed by atoms with van der Waals surface area (Å²) in [5, 5.41) is 0. The van der Waals surface area contributed by atoms with Gasteiger partial charge in [-0.3, -0.25) is 4.90 Å². The van der Waals surface area contributed by atoms with Gasteiger partial charge in [0.15, 0.2) is 6.23 Å². The third kappa shape index (κ3) is 5.54. The van der Waals surface area contributed by atoms with Crippen LogP contribution in [0.15, 0.2) is 60.7 Å². The molecule has 0 bridgehead atoms. The maximum absolute atomic E-state index is 12.9. The predicted octanol–water partition coefficient (Wildman–Crippen LogP) is 4.86. The molecule has 29 heavy (non-hydrogen) atoms. The minimum Gasteiger partial charge on any atom is -0.444 e. The van der Waals surface area contributed by atoms with Crippen LogP contribution in [0, 0.1) is 5.41 Å². The Morgan fingerprint density at radius 2 is 1.62 bits per heavy atom. The van der Waals surface area contributed by atoms with Gasteiger partial charge in [-0.15, -0.1) is 0 Å². The van der Waals surface area contributed by atoms with Gasteiger partial charge >= 0.3 is 12.1 Å². The molecule has 2 atom stereocenters. The highest BCUT2D eigenvalue weighted by molar-refractivity contribution is 7.98. The van der Waals surface area contributed by atoms with E-state index in [4.69, 9.17) is 9.47 Å². The summed E-state index contributed by atoms with van der Waals surface area (Å²) in [5.41, 5.74) is 1.66. The molecule has 5 nitrogen and oxygen atoms in total. The lowest BCUT2D eigenvalue weighted by Crippen LogP contribution is -2.48. The Morgan fingerprint density at radius 1 is 1.03 bits per heavy atom. The molecule has 0 aromatic heterocycles. The van der Waals surface area contributed by atoms with E-state index in [0.717, 1.165) is 11.3 Å². The molecular weight excluding hydrogens is 386 g/mol. The van der Waals surface area contributed by atoms with Crippen LogP contribution < -0.4 is 0 Å². The molecule has 3 rings (SSSR count). The predicted molar refractivity (Wildman–Crippen MR) is 114 cm³/mol. The normalized spacial score (nSPS) is 19.1. The molecule has 0 aliphatic carbocycles. The Hall–Kier alpha value is -2.47. The van der Waals surface area contributed by atoms with E-state index in [1.165, 1.54) is 10.5 Å². The van der Waals surface area contributed by atoms with Crippen molar-refractivity contribution in [1.29, 1.82) is 0 Å². The van der Waals surface area contributed by atoms with Gasteiger partial charge in [-0.25, -0.2) is 9.59 Å². The van der Waals surface area contributed by atoms with Crippen molar-refractivity contribution in [2.24, 2.45) is 5.41 Å². The monoisotopic (exact) mass is 413 g/mol. The summed E-state index contributed by atoms with van der Waals surface area (Å²) >= 11 is 1.61. The largest absolute Gasteiger partial charge is 0.444 e. The van der Waals surface area contributed by atoms with E-state index in [-0.39, 0.29) is 12.6 Å². The highest BCUT2D eigenvalue weighted by Crippen LogP contribution is 2.34. The maximum atomic E-state index is 12.9. The number of thioether (sulfide) groups is 1. The molecule has 1 heterocycles. The zero-order valence-corrected chi connectivity index (χ0v) is 17.9. The van der Waals surface area contributed by atoms with Gasteiger partial charge in [-0.05, 0) is 11.1 Å². The van der Waals surface area contributed by atoms with Gasteiger partial charge in [0.2, 0.25) is 0 Å². The van der Waals surface area contributed by atoms with Crippen LogP contribution in [0.2, 0.25) is 0 Å². The number of cyclic esters (lactones) is 1. The number of hydrogen-bond donors (Lipinski definition) is 0. The molecule has 2 aromatic carbocycles. The lowest BCUT2D eigenvalue weighted by atomic mass is 9.93. The molecular formula is C23H27NO4S. The first-order valence-corrected chi connectivity index (χ1v) is 10.8. The van der Waals surface area contributed by atoms with Gasteiger partial charge in [0.05, 0.1) is 0 Å². The summed E-state index contributed by atoms with van der Waals surface area (Å²) in [6.07, 6.45) is -1.18. The van der Waals surface area contributed by atoms with Crippen LogP contribution in [0.1, 0.15) is 31.9 Å². The Balaban J connectivity index is 1.68. The van der Waals surface area contributed by atoms with Crippen molar-refractivity contribution in [3.8, 4) is 0 Å². The van der Waals surface area contributed by atoms with Crippen LogP contribution in [-0.4, -0.2) is 35.0 Å². The van der Waals surface area contributed by atoms with E-state index in [1.807, 2.05) is 81.4 Å². The highest BCUT2D eigenvalue weighted by Gasteiger charge is 2.50. The number of carbonyl (C=O) groups excluding carboxylic acids is 2. The van der Waals surface area contributed by atoms with E-state index < -0.39 is 23.8 Å². The molecule has 1 amide bonds. The Morgan fingerprint density at radius 3 is 2.21 bits per heavy atom. The molecule has 2 aromatic rings. The molecule has 1 saturated heterocycles. The Kier molecular flexibility index (Phi) is 6.85. The van der Waals surface area contributed by atoms with Crippen molar-refractivity contribution < 1.29 is 19.1 Å². The van der Waals surface area contributed by atoms with Gasteiger partial charge in [-0.2, -0.15) is 11.8 Å². The van der Waals surface area contributed by atoms with Gasteiger partial charge < -0.3 is 9.47 Å². The second kappa shape index (κ2) is 9.35. The summed E-state index contributed by atoms with van der Waals surface area (Å²) in [7, 11) is 0. The summed E-state index contributed by atoms with van der Waals surface area (Å²) in [6.45, 7) is 6.00. The van der Waals surface area contributed by atoms with Crippen LogP contribution in [0.4, 0.5) is 4.79 Å². The van der Waals surface area contributed by atoms with Crippen LogP contribution in [-0.2, 0) is 26.6 Å². The molecule has 0 unspecified atom stereocenters. The quantitative estimate of drug-likeness (QED) is 0.633. The molecule has 1 fully saturated rings. The second-order valence-corrected chi connectivity index (χ2v) is 9.15. The molecule has 0 saturated carbocycles. The third-order valence-electron chi connectivity index (χ3n) is 4.63. The van der Waals surface area contributed by atoms with E-state index in [1.54, 1.807) is 11.8 Å². The number of benzene rings is 2. The second-order valence-electron chi connectivity index (χ2n) is 8.12. The molecule has 0 radical (unpaired) electrons. The molecule has 1 aliphatic heterocycles. The van der Waals surface area contributed by atoms with Crippen molar-refractivity contribution in [3.05, 3.63) is 71.8 Å². The van der Waals surface area contributed by atoms with Crippen molar-refractivity contribution in [2.45, 2.75) is 45.4 Å². The first-order valence-electron chi connectivity index (χ1n) is 9.67. The summed E-state index contributed by atoms with van der Waals surface area (Å²) in [4.78, 5) is 27.0. The van der Waals surface area contributed by atoms with Crippen molar-refractivity contribution in [3.63, 3.8) is 0 Å². The van der Waals surface area contributed by atoms with Gasteiger partial charge in [0.25, 0.3) is 0 Å². The third-order valence-corrected chi connectivity index (χ3v) is 5.72. The molecule has 1 aliphatic rings. The van der Waals surface area contributed by atoms with Crippen LogP contribution in [0.5, 0.6) is 0 Å². The number of nitrogens with zero attached hydrogens (tertiary/aromatic N) is 1. The first kappa shape index (κ1) is 21.2.